The van der Waals surface area contributed by atoms with Crippen LogP contribution in [-0.4, -0.2) is 36.4 Å². The van der Waals surface area contributed by atoms with Crippen molar-refractivity contribution in [1.29, 1.82) is 0 Å². The second-order valence-corrected chi connectivity index (χ2v) is 10.6. The van der Waals surface area contributed by atoms with Gasteiger partial charge in [0.05, 0.1) is 34.4 Å². The summed E-state index contributed by atoms with van der Waals surface area (Å²) in [4.78, 5) is 8.47. The van der Waals surface area contributed by atoms with Crippen molar-refractivity contribution in [3.63, 3.8) is 0 Å². The summed E-state index contributed by atoms with van der Waals surface area (Å²) in [5.74, 6) is 0. The van der Waals surface area contributed by atoms with E-state index in [-0.39, 0.29) is 12.0 Å². The zero-order valence-corrected chi connectivity index (χ0v) is 28.9. The van der Waals surface area contributed by atoms with Crippen LogP contribution >= 0.6 is 15.9 Å². The van der Waals surface area contributed by atoms with E-state index in [4.69, 9.17) is 24.7 Å². The number of pyridine rings is 2. The van der Waals surface area contributed by atoms with Crippen molar-refractivity contribution in [2.45, 2.75) is 52.6 Å². The van der Waals surface area contributed by atoms with Gasteiger partial charge in [0.25, 0.3) is 0 Å². The Morgan fingerprint density at radius 3 is 1.49 bits per heavy atom. The number of halogens is 7. The van der Waals surface area contributed by atoms with E-state index in [1.54, 1.807) is 24.4 Å². The van der Waals surface area contributed by atoms with Gasteiger partial charge in [0.15, 0.2) is 0 Å². The minimum Gasteiger partial charge on any atom is -0.399 e. The van der Waals surface area contributed by atoms with Gasteiger partial charge in [-0.25, -0.2) is 0 Å². The van der Waals surface area contributed by atoms with Gasteiger partial charge in [-0.1, -0.05) is 12.1 Å². The van der Waals surface area contributed by atoms with E-state index < -0.39 is 29.8 Å². The maximum Gasteiger partial charge on any atom is 0.416 e. The van der Waals surface area contributed by atoms with Crippen LogP contribution in [0.15, 0.2) is 89.7 Å². The summed E-state index contributed by atoms with van der Waals surface area (Å²) in [5, 5.41) is 2.90. The van der Waals surface area contributed by atoms with E-state index in [1.165, 1.54) is 24.4 Å². The molecule has 0 aliphatic rings. The average Bonchev–Trinajstić information content (AvgIpc) is 3.05. The number of anilines is 3. The number of nitrogens with one attached hydrogen (secondary N) is 1. The summed E-state index contributed by atoms with van der Waals surface area (Å²) in [6, 6.07) is 16.8. The number of benzene rings is 2. The third kappa shape index (κ3) is 15.1. The fourth-order valence-corrected chi connectivity index (χ4v) is 4.08. The molecule has 8 nitrogen and oxygen atoms in total. The van der Waals surface area contributed by atoms with Gasteiger partial charge < -0.3 is 30.0 Å². The highest BCUT2D eigenvalue weighted by Crippen LogP contribution is 2.32. The van der Waals surface area contributed by atoms with E-state index in [2.05, 4.69) is 31.2 Å². The number of hydrogen-bond donors (Lipinski definition) is 2. The maximum absolute atomic E-state index is 12.7. The van der Waals surface area contributed by atoms with Gasteiger partial charge in [0, 0.05) is 48.5 Å². The predicted molar refractivity (Wildman–Crippen MR) is 179 cm³/mol. The number of ether oxygens (including phenoxy) is 4. The molecule has 0 saturated carbocycles. The van der Waals surface area contributed by atoms with E-state index in [1.807, 2.05) is 39.8 Å². The quantitative estimate of drug-likeness (QED) is 0.0836. The van der Waals surface area contributed by atoms with Crippen molar-refractivity contribution in [1.82, 2.24) is 9.97 Å². The van der Waals surface area contributed by atoms with Crippen molar-refractivity contribution < 1.29 is 45.3 Å². The normalized spacial score (nSPS) is 11.4. The molecule has 4 rings (SSSR count). The lowest BCUT2D eigenvalue weighted by molar-refractivity contribution is -0.142. The summed E-state index contributed by atoms with van der Waals surface area (Å²) in [6.07, 6.45) is -6.31. The molecule has 0 atom stereocenters. The van der Waals surface area contributed by atoms with Crippen LogP contribution in [0.3, 0.4) is 0 Å². The van der Waals surface area contributed by atoms with Gasteiger partial charge in [0.1, 0.15) is 0 Å². The summed E-state index contributed by atoms with van der Waals surface area (Å²) in [7, 11) is 0. The number of nitrogens with two attached hydrogens (primary N) is 1. The number of hydrogen-bond acceptors (Lipinski definition) is 8. The molecule has 0 radical (unpaired) electrons. The van der Waals surface area contributed by atoms with Gasteiger partial charge in [-0.15, -0.1) is 0 Å². The Morgan fingerprint density at radius 2 is 1.10 bits per heavy atom. The summed E-state index contributed by atoms with van der Waals surface area (Å²) in [5.41, 5.74) is 6.19. The van der Waals surface area contributed by atoms with E-state index >= 15 is 0 Å². The van der Waals surface area contributed by atoms with E-state index in [0.717, 1.165) is 34.4 Å². The molecule has 0 unspecified atom stereocenters. The highest BCUT2D eigenvalue weighted by molar-refractivity contribution is 9.10. The van der Waals surface area contributed by atoms with Crippen molar-refractivity contribution in [3.8, 4) is 0 Å². The van der Waals surface area contributed by atoms with Crippen LogP contribution in [-0.2, 0) is 31.3 Å². The summed E-state index contributed by atoms with van der Waals surface area (Å²) < 4.78 is 96.6. The average molecular weight is 762 g/mol. The Labute approximate surface area is 290 Å². The summed E-state index contributed by atoms with van der Waals surface area (Å²) in [6.45, 7) is 9.78. The fourth-order valence-electron chi connectivity index (χ4n) is 3.84. The first-order valence-corrected chi connectivity index (χ1v) is 15.9. The summed E-state index contributed by atoms with van der Waals surface area (Å²) >= 11 is 3.33. The van der Waals surface area contributed by atoms with Gasteiger partial charge in [0.2, 0.25) is 12.6 Å². The molecule has 0 spiro atoms. The third-order valence-electron chi connectivity index (χ3n) is 5.98. The van der Waals surface area contributed by atoms with E-state index in [9.17, 15) is 26.3 Å². The van der Waals surface area contributed by atoms with Crippen LogP contribution in [0.4, 0.5) is 43.4 Å². The first-order valence-electron chi connectivity index (χ1n) is 15.1. The first kappa shape index (κ1) is 41.4. The Bertz CT molecular complexity index is 1500. The molecule has 2 aromatic carbocycles. The van der Waals surface area contributed by atoms with Crippen LogP contribution in [0.25, 0.3) is 0 Å². The van der Waals surface area contributed by atoms with Crippen molar-refractivity contribution in [3.05, 3.63) is 112 Å². The minimum atomic E-state index is -4.37. The molecule has 0 aliphatic carbocycles. The Morgan fingerprint density at radius 1 is 0.633 bits per heavy atom. The molecule has 268 valence electrons. The largest absolute Gasteiger partial charge is 0.416 e. The van der Waals surface area contributed by atoms with Crippen molar-refractivity contribution in [2.24, 2.45) is 0 Å². The topological polar surface area (TPSA) is 101 Å². The first-order chi connectivity index (χ1) is 23.2. The van der Waals surface area contributed by atoms with Gasteiger partial charge in [-0.3, -0.25) is 9.97 Å². The predicted octanol–water partition coefficient (Wildman–Crippen LogP) is 10.1. The van der Waals surface area contributed by atoms with Crippen molar-refractivity contribution >= 4 is 33.0 Å². The zero-order chi connectivity index (χ0) is 36.5. The Balaban J connectivity index is 0.000000282. The second kappa shape index (κ2) is 20.7. The molecule has 15 heteroatoms. The van der Waals surface area contributed by atoms with Crippen LogP contribution < -0.4 is 11.1 Å². The van der Waals surface area contributed by atoms with Gasteiger partial charge >= 0.3 is 12.4 Å². The lowest BCUT2D eigenvalue weighted by Gasteiger charge is -2.16. The van der Waals surface area contributed by atoms with Crippen molar-refractivity contribution in [2.75, 3.05) is 37.5 Å². The number of alkyl halides is 6. The number of rotatable bonds is 12. The van der Waals surface area contributed by atoms with Crippen LogP contribution in [0, 0.1) is 0 Å². The second-order valence-electron chi connectivity index (χ2n) is 9.69. The van der Waals surface area contributed by atoms with Crippen LogP contribution in [0.5, 0.6) is 0 Å². The monoisotopic (exact) mass is 760 g/mol. The molecular formula is C34H39BrF6N4O4. The molecule has 4 aromatic rings. The lowest BCUT2D eigenvalue weighted by atomic mass is 10.2. The molecule has 49 heavy (non-hydrogen) atoms. The molecule has 2 heterocycles. The highest BCUT2D eigenvalue weighted by atomic mass is 79.9. The maximum atomic E-state index is 12.7. The zero-order valence-electron chi connectivity index (χ0n) is 27.3. The Kier molecular flexibility index (Phi) is 17.5. The van der Waals surface area contributed by atoms with E-state index in [0.29, 0.717) is 43.5 Å². The Hall–Kier alpha value is -3.76. The highest BCUT2D eigenvalue weighted by Gasteiger charge is 2.31. The number of aromatic nitrogens is 2. The molecule has 2 aromatic heterocycles. The molecule has 0 aliphatic heterocycles. The smallest absolute Gasteiger partial charge is 0.399 e. The van der Waals surface area contributed by atoms with Crippen LogP contribution in [0.1, 0.15) is 62.8 Å². The number of nitrogens with zero attached hydrogens (tertiary/aromatic N) is 2. The standard InChI is InChI=1S/C17H19F3N2O2.C10H14BrNO2.C7H6F3N/c1-3-23-16(24-4-2)15-9-8-14(11-21-15)22-13-7-5-6-12(10-13)17(18,19)20;1-3-13-10(14-4-2)9-6-5-8(11)7-12-9;8-7(9,10)5-2-1-3-6(11)4-5/h5-11,16,22H,3-4H2,1-2H3;5-7,10H,3-4H2,1-2H3;1-4H,11H2. The SMILES string of the molecule is CCOC(OCC)c1ccc(Br)cn1.CCOC(OCC)c1ccc(Nc2cccc(C(F)(F)F)c2)cn1.Nc1cccc(C(F)(F)F)c1. The van der Waals surface area contributed by atoms with Crippen LogP contribution in [0.2, 0.25) is 0 Å². The molecule has 0 amide bonds. The molecule has 3 N–H and O–H groups in total. The third-order valence-corrected chi connectivity index (χ3v) is 6.45. The molecular weight excluding hydrogens is 722 g/mol. The lowest BCUT2D eigenvalue weighted by Crippen LogP contribution is -2.10. The molecule has 0 fully saturated rings. The molecule has 0 saturated heterocycles. The minimum absolute atomic E-state index is 0.125. The fraction of sp³-hybridized carbons (Fsp3) is 0.353. The molecule has 0 bridgehead atoms. The van der Waals surface area contributed by atoms with Gasteiger partial charge in [-0.05, 0) is 104 Å². The number of nitrogen functional groups attached to an aromatic ring is 1. The van der Waals surface area contributed by atoms with Gasteiger partial charge in [-0.2, -0.15) is 26.3 Å².